The summed E-state index contributed by atoms with van der Waals surface area (Å²) in [4.78, 5) is 28.7. The molecule has 0 atom stereocenters. The molecule has 1 fully saturated rings. The second kappa shape index (κ2) is 11.4. The van der Waals surface area contributed by atoms with Gasteiger partial charge in [0.15, 0.2) is 11.5 Å². The summed E-state index contributed by atoms with van der Waals surface area (Å²) in [5, 5.41) is 3.52. The maximum Gasteiger partial charge on any atom is 0.328 e. The van der Waals surface area contributed by atoms with E-state index in [1.165, 1.54) is 5.56 Å². The molecule has 0 bridgehead atoms. The Balaban J connectivity index is 1.34. The summed E-state index contributed by atoms with van der Waals surface area (Å²) in [6, 6.07) is 8.35. The van der Waals surface area contributed by atoms with Gasteiger partial charge in [0.05, 0.1) is 13.2 Å². The molecule has 184 valence electrons. The summed E-state index contributed by atoms with van der Waals surface area (Å²) in [5.74, 6) is 0.172. The first kappa shape index (κ1) is 24.1. The SMILES string of the molecule is COCCOc1nc(N)c2[nH]c(=O)n(Cc3ccc(CNCCN4CCN(C)CC4)cc3)c2n1. The number of likely N-dealkylation sites (N-methyl/N-ethyl adjacent to an activating group) is 1. The molecule has 0 unspecified atom stereocenters. The molecule has 34 heavy (non-hydrogen) atoms. The van der Waals surface area contributed by atoms with Gasteiger partial charge in [0.25, 0.3) is 0 Å². The molecule has 4 N–H and O–H groups in total. The van der Waals surface area contributed by atoms with Crippen molar-refractivity contribution in [1.29, 1.82) is 0 Å². The molecule has 2 aromatic heterocycles. The Morgan fingerprint density at radius 1 is 1.09 bits per heavy atom. The fourth-order valence-corrected chi connectivity index (χ4v) is 3.94. The highest BCUT2D eigenvalue weighted by atomic mass is 16.5. The maximum absolute atomic E-state index is 12.6. The maximum atomic E-state index is 12.6. The number of rotatable bonds is 11. The van der Waals surface area contributed by atoms with Crippen molar-refractivity contribution >= 4 is 17.0 Å². The van der Waals surface area contributed by atoms with E-state index in [4.69, 9.17) is 15.2 Å². The molecule has 1 aliphatic heterocycles. The van der Waals surface area contributed by atoms with Crippen LogP contribution in [-0.4, -0.2) is 96.0 Å². The number of hydrogen-bond acceptors (Lipinski definition) is 9. The van der Waals surface area contributed by atoms with Gasteiger partial charge in [-0.1, -0.05) is 24.3 Å². The molecule has 11 nitrogen and oxygen atoms in total. The van der Waals surface area contributed by atoms with Gasteiger partial charge < -0.3 is 30.4 Å². The van der Waals surface area contributed by atoms with Crippen molar-refractivity contribution < 1.29 is 9.47 Å². The van der Waals surface area contributed by atoms with E-state index in [0.29, 0.717) is 30.9 Å². The van der Waals surface area contributed by atoms with Gasteiger partial charge in [-0.15, -0.1) is 0 Å². The number of nitrogen functional groups attached to an aromatic ring is 1. The zero-order chi connectivity index (χ0) is 23.9. The van der Waals surface area contributed by atoms with E-state index in [-0.39, 0.29) is 17.5 Å². The van der Waals surface area contributed by atoms with Crippen molar-refractivity contribution in [3.8, 4) is 6.01 Å². The Hall–Kier alpha value is -2.99. The quantitative estimate of drug-likeness (QED) is 0.335. The standard InChI is InChI=1S/C23H34N8O3/c1-29-9-11-30(12-10-29)8-7-25-15-17-3-5-18(6-4-17)16-31-21-19(26-23(31)32)20(24)27-22(28-21)34-14-13-33-2/h3-6,25H,7-16H2,1-2H3,(H,26,32)(H2,24,27,28). The number of hydrogen-bond donors (Lipinski definition) is 3. The van der Waals surface area contributed by atoms with Crippen molar-refractivity contribution in [3.63, 3.8) is 0 Å². The molecule has 4 rings (SSSR count). The summed E-state index contributed by atoms with van der Waals surface area (Å²) >= 11 is 0. The fourth-order valence-electron chi connectivity index (χ4n) is 3.94. The first-order valence-corrected chi connectivity index (χ1v) is 11.6. The van der Waals surface area contributed by atoms with E-state index in [0.717, 1.165) is 51.4 Å². The second-order valence-electron chi connectivity index (χ2n) is 8.59. The molecular weight excluding hydrogens is 436 g/mol. The third-order valence-electron chi connectivity index (χ3n) is 6.04. The van der Waals surface area contributed by atoms with Crippen LogP contribution in [0.1, 0.15) is 11.1 Å². The first-order chi connectivity index (χ1) is 16.5. The van der Waals surface area contributed by atoms with Crippen LogP contribution < -0.4 is 21.5 Å². The topological polar surface area (TPSA) is 127 Å². The fraction of sp³-hybridized carbons (Fsp3) is 0.522. The molecule has 1 saturated heterocycles. The lowest BCUT2D eigenvalue weighted by Crippen LogP contribution is -2.46. The lowest BCUT2D eigenvalue weighted by molar-refractivity contribution is 0.141. The molecular formula is C23H34N8O3. The molecule has 3 aromatic rings. The number of anilines is 1. The zero-order valence-corrected chi connectivity index (χ0v) is 19.9. The molecule has 0 saturated carbocycles. The second-order valence-corrected chi connectivity index (χ2v) is 8.59. The van der Waals surface area contributed by atoms with Crippen molar-refractivity contribution in [3.05, 3.63) is 45.9 Å². The van der Waals surface area contributed by atoms with Gasteiger partial charge in [0, 0.05) is 52.9 Å². The van der Waals surface area contributed by atoms with Crippen LogP contribution in [-0.2, 0) is 17.8 Å². The van der Waals surface area contributed by atoms with Crippen LogP contribution in [0.5, 0.6) is 6.01 Å². The summed E-state index contributed by atoms with van der Waals surface area (Å²) in [6.45, 7) is 8.46. The predicted molar refractivity (Wildman–Crippen MR) is 131 cm³/mol. The molecule has 0 radical (unpaired) electrons. The third kappa shape index (κ3) is 6.11. The molecule has 1 aliphatic rings. The van der Waals surface area contributed by atoms with Crippen molar-refractivity contribution in [2.24, 2.45) is 0 Å². The van der Waals surface area contributed by atoms with Gasteiger partial charge in [-0.25, -0.2) is 4.79 Å². The Bertz CT molecular complexity index is 1120. The van der Waals surface area contributed by atoms with Crippen molar-refractivity contribution in [2.45, 2.75) is 13.1 Å². The van der Waals surface area contributed by atoms with E-state index in [1.807, 2.05) is 12.1 Å². The number of imidazole rings is 1. The van der Waals surface area contributed by atoms with Gasteiger partial charge in [-0.2, -0.15) is 9.97 Å². The molecule has 11 heteroatoms. The zero-order valence-electron chi connectivity index (χ0n) is 19.9. The van der Waals surface area contributed by atoms with Crippen LogP contribution >= 0.6 is 0 Å². The number of piperazine rings is 1. The number of fused-ring (bicyclic) bond motifs is 1. The van der Waals surface area contributed by atoms with Gasteiger partial charge in [0.2, 0.25) is 0 Å². The van der Waals surface area contributed by atoms with Crippen LogP contribution in [0.2, 0.25) is 0 Å². The normalized spacial score (nSPS) is 15.2. The number of aromatic amines is 1. The van der Waals surface area contributed by atoms with Gasteiger partial charge in [-0.05, 0) is 18.2 Å². The molecule has 3 heterocycles. The molecule has 1 aromatic carbocycles. The van der Waals surface area contributed by atoms with Gasteiger partial charge in [0.1, 0.15) is 12.1 Å². The number of ether oxygens (including phenoxy) is 2. The highest BCUT2D eigenvalue weighted by Crippen LogP contribution is 2.18. The van der Waals surface area contributed by atoms with E-state index < -0.39 is 0 Å². The van der Waals surface area contributed by atoms with Crippen molar-refractivity contribution in [2.75, 3.05) is 72.4 Å². The minimum absolute atomic E-state index is 0.118. The largest absolute Gasteiger partial charge is 0.461 e. The number of H-pyrrole nitrogens is 1. The van der Waals surface area contributed by atoms with Gasteiger partial charge in [-0.3, -0.25) is 9.47 Å². The minimum atomic E-state index is -0.292. The van der Waals surface area contributed by atoms with E-state index in [1.54, 1.807) is 11.7 Å². The van der Waals surface area contributed by atoms with E-state index >= 15 is 0 Å². The Labute approximate surface area is 198 Å². The van der Waals surface area contributed by atoms with Gasteiger partial charge >= 0.3 is 11.7 Å². The number of benzene rings is 1. The minimum Gasteiger partial charge on any atom is -0.461 e. The van der Waals surface area contributed by atoms with Crippen LogP contribution in [0, 0.1) is 0 Å². The molecule has 0 spiro atoms. The van der Waals surface area contributed by atoms with Crippen LogP contribution in [0.25, 0.3) is 11.2 Å². The molecule has 0 amide bonds. The highest BCUT2D eigenvalue weighted by molar-refractivity contribution is 5.81. The molecule has 0 aliphatic carbocycles. The lowest BCUT2D eigenvalue weighted by Gasteiger charge is -2.32. The van der Waals surface area contributed by atoms with Crippen molar-refractivity contribution in [1.82, 2.24) is 34.6 Å². The highest BCUT2D eigenvalue weighted by Gasteiger charge is 2.15. The Morgan fingerprint density at radius 2 is 1.82 bits per heavy atom. The number of nitrogens with one attached hydrogen (secondary N) is 2. The van der Waals surface area contributed by atoms with E-state index in [2.05, 4.69) is 49.2 Å². The van der Waals surface area contributed by atoms with Crippen LogP contribution in [0.4, 0.5) is 5.82 Å². The Kier molecular flexibility index (Phi) is 8.12. The number of aromatic nitrogens is 4. The monoisotopic (exact) mass is 470 g/mol. The number of nitrogens with two attached hydrogens (primary N) is 1. The summed E-state index contributed by atoms with van der Waals surface area (Å²) in [7, 11) is 3.76. The van der Waals surface area contributed by atoms with E-state index in [9.17, 15) is 4.79 Å². The average molecular weight is 471 g/mol. The number of nitrogens with zero attached hydrogens (tertiary/aromatic N) is 5. The number of methoxy groups -OCH3 is 1. The summed E-state index contributed by atoms with van der Waals surface area (Å²) in [5.41, 5.74) is 8.73. The first-order valence-electron chi connectivity index (χ1n) is 11.6. The Morgan fingerprint density at radius 3 is 2.56 bits per heavy atom. The van der Waals surface area contributed by atoms with Crippen LogP contribution in [0.15, 0.2) is 29.1 Å². The van der Waals surface area contributed by atoms with Crippen LogP contribution in [0.3, 0.4) is 0 Å². The summed E-state index contributed by atoms with van der Waals surface area (Å²) in [6.07, 6.45) is 0. The summed E-state index contributed by atoms with van der Waals surface area (Å²) < 4.78 is 12.0. The lowest BCUT2D eigenvalue weighted by atomic mass is 10.1. The average Bonchev–Trinajstić information content (AvgIpc) is 3.15. The predicted octanol–water partition coefficient (Wildman–Crippen LogP) is 0.112. The smallest absolute Gasteiger partial charge is 0.328 e. The third-order valence-corrected chi connectivity index (χ3v) is 6.04.